The summed E-state index contributed by atoms with van der Waals surface area (Å²) in [5.41, 5.74) is 21.6. The van der Waals surface area contributed by atoms with Crippen LogP contribution in [0.5, 0.6) is 0 Å². The van der Waals surface area contributed by atoms with Crippen LogP contribution in [-0.2, 0) is 47.9 Å². The molecule has 0 aromatic carbocycles. The van der Waals surface area contributed by atoms with E-state index in [0.29, 0.717) is 32.2 Å². The molecule has 0 saturated heterocycles. The third kappa shape index (κ3) is 22.6. The van der Waals surface area contributed by atoms with Gasteiger partial charge in [-0.1, -0.05) is 54.4 Å². The van der Waals surface area contributed by atoms with Gasteiger partial charge in [0.1, 0.15) is 36.3 Å². The number of alkyl halides is 3. The van der Waals surface area contributed by atoms with Gasteiger partial charge in [0.05, 0.1) is 6.42 Å². The summed E-state index contributed by atoms with van der Waals surface area (Å²) in [5, 5.41) is 22.4. The first-order valence-electron chi connectivity index (χ1n) is 19.3. The van der Waals surface area contributed by atoms with Gasteiger partial charge in [0.25, 0.3) is 0 Å². The number of nitrogens with one attached hydrogen (secondary N) is 6. The van der Waals surface area contributed by atoms with Crippen LogP contribution in [0, 0.1) is 17.8 Å². The summed E-state index contributed by atoms with van der Waals surface area (Å²) in [4.78, 5) is 124. The molecule has 0 saturated carbocycles. The number of halogens is 3. The second-order valence-electron chi connectivity index (χ2n) is 14.5. The van der Waals surface area contributed by atoms with Gasteiger partial charge < -0.3 is 59.9 Å². The molecule has 0 heterocycles. The minimum absolute atomic E-state index is 0.171. The molecule has 344 valence electrons. The predicted molar refractivity (Wildman–Crippen MR) is 209 cm³/mol. The fourth-order valence-electron chi connectivity index (χ4n) is 5.19. The van der Waals surface area contributed by atoms with Crippen molar-refractivity contribution in [2.75, 3.05) is 6.54 Å². The Morgan fingerprint density at radius 1 is 0.583 bits per heavy atom. The Kier molecular flexibility index (Phi) is 26.4. The van der Waals surface area contributed by atoms with Gasteiger partial charge in [0.15, 0.2) is 0 Å². The van der Waals surface area contributed by atoms with Crippen molar-refractivity contribution < 1.29 is 66.2 Å². The summed E-state index contributed by atoms with van der Waals surface area (Å²) >= 11 is 0. The maximum Gasteiger partial charge on any atom is 0.490 e. The topological polar surface area (TPSA) is 367 Å². The van der Waals surface area contributed by atoms with Gasteiger partial charge >= 0.3 is 12.1 Å². The predicted octanol–water partition coefficient (Wildman–Crippen LogP) is -1.95. The highest BCUT2D eigenvalue weighted by molar-refractivity contribution is 5.98. The molecule has 0 aliphatic heterocycles. The van der Waals surface area contributed by atoms with Crippen LogP contribution in [0.25, 0.3) is 0 Å². The number of carbonyl (C=O) groups excluding carboxylic acids is 9. The van der Waals surface area contributed by atoms with E-state index < -0.39 is 120 Å². The second-order valence-corrected chi connectivity index (χ2v) is 14.5. The van der Waals surface area contributed by atoms with Crippen LogP contribution >= 0.6 is 0 Å². The molecule has 0 aliphatic carbocycles. The highest BCUT2D eigenvalue weighted by Gasteiger charge is 2.39. The van der Waals surface area contributed by atoms with E-state index in [9.17, 15) is 56.3 Å². The molecule has 0 unspecified atom stereocenters. The number of carbonyl (C=O) groups is 10. The minimum Gasteiger partial charge on any atom is -0.475 e. The molecule has 24 heteroatoms. The minimum atomic E-state index is -5.08. The molecule has 0 rings (SSSR count). The lowest BCUT2D eigenvalue weighted by Gasteiger charge is -2.31. The molecule has 0 fully saturated rings. The summed E-state index contributed by atoms with van der Waals surface area (Å²) in [6.07, 6.45) is -4.23. The smallest absolute Gasteiger partial charge is 0.475 e. The molecule has 0 aromatic rings. The first-order valence-corrected chi connectivity index (χ1v) is 19.3. The van der Waals surface area contributed by atoms with Gasteiger partial charge in [-0.25, -0.2) is 4.79 Å². The number of amides is 9. The summed E-state index contributed by atoms with van der Waals surface area (Å²) in [7, 11) is 0. The molecule has 0 aliphatic rings. The standard InChI is InChI=1S/C34H62N10O9.C2HF3O2/c1-8-18(5)27(33(52)42-23(16-25(37)47)31(50)40-21(29(38)48)12-10-11-15-35)44-34(53)28(19(6)9-2)43-30(49)22(13-14-24(36)46)41-32(51)26(17(3)4)39-20(7)45;3-2(4,5)1(6)7/h17-19,21-23,26-28H,8-16,35H2,1-7H3,(H2,36,46)(H2,37,47)(H2,38,48)(H,39,45)(H,40,50)(H,41,51)(H,42,52)(H,43,49)(H,44,53);(H,6,7)/t18-,19-,21-,22-,23-,26-,27-,28-;/m0./s1. The van der Waals surface area contributed by atoms with Crippen LogP contribution in [0.3, 0.4) is 0 Å². The first kappa shape index (κ1) is 56.5. The van der Waals surface area contributed by atoms with E-state index in [1.165, 1.54) is 6.92 Å². The molecule has 21 nitrogen and oxygen atoms in total. The van der Waals surface area contributed by atoms with Crippen LogP contribution in [0.4, 0.5) is 13.2 Å². The lowest BCUT2D eigenvalue weighted by Crippen LogP contribution is -2.62. The van der Waals surface area contributed by atoms with E-state index in [0.717, 1.165) is 0 Å². The Morgan fingerprint density at radius 2 is 1.00 bits per heavy atom. The third-order valence-corrected chi connectivity index (χ3v) is 9.09. The van der Waals surface area contributed by atoms with Crippen molar-refractivity contribution in [2.24, 2.45) is 40.7 Å². The normalized spacial score (nSPS) is 15.1. The Balaban J connectivity index is 0. The lowest BCUT2D eigenvalue weighted by molar-refractivity contribution is -0.192. The maximum atomic E-state index is 13.9. The van der Waals surface area contributed by atoms with E-state index in [-0.39, 0.29) is 25.2 Å². The number of nitrogens with two attached hydrogens (primary N) is 4. The summed E-state index contributed by atoms with van der Waals surface area (Å²) < 4.78 is 31.7. The second kappa shape index (κ2) is 28.0. The van der Waals surface area contributed by atoms with Crippen molar-refractivity contribution in [3.05, 3.63) is 0 Å². The maximum absolute atomic E-state index is 13.9. The number of unbranched alkanes of at least 4 members (excludes halogenated alkanes) is 1. The van der Waals surface area contributed by atoms with Crippen molar-refractivity contribution in [3.8, 4) is 0 Å². The van der Waals surface area contributed by atoms with Crippen molar-refractivity contribution in [2.45, 2.75) is 142 Å². The largest absolute Gasteiger partial charge is 0.490 e. The van der Waals surface area contributed by atoms with E-state index in [1.54, 1.807) is 41.5 Å². The number of aliphatic carboxylic acids is 1. The zero-order valence-electron chi connectivity index (χ0n) is 35.0. The molecule has 0 aromatic heterocycles. The molecule has 8 atom stereocenters. The summed E-state index contributed by atoms with van der Waals surface area (Å²) in [6.45, 7) is 11.9. The fraction of sp³-hybridized carbons (Fsp3) is 0.722. The number of carboxylic acid groups (broad SMARTS) is 1. The quantitative estimate of drug-likeness (QED) is 0.0423. The monoisotopic (exact) mass is 868 g/mol. The third-order valence-electron chi connectivity index (χ3n) is 9.09. The van der Waals surface area contributed by atoms with Gasteiger partial charge in [-0.2, -0.15) is 13.2 Å². The van der Waals surface area contributed by atoms with Crippen LogP contribution < -0.4 is 54.8 Å². The lowest BCUT2D eigenvalue weighted by atomic mass is 9.94. The van der Waals surface area contributed by atoms with Crippen molar-refractivity contribution in [1.29, 1.82) is 0 Å². The van der Waals surface area contributed by atoms with Crippen molar-refractivity contribution in [1.82, 2.24) is 31.9 Å². The highest BCUT2D eigenvalue weighted by atomic mass is 19.4. The Hall–Kier alpha value is -5.55. The zero-order chi connectivity index (χ0) is 47.1. The fourth-order valence-corrected chi connectivity index (χ4v) is 5.19. The Morgan fingerprint density at radius 3 is 1.38 bits per heavy atom. The van der Waals surface area contributed by atoms with Gasteiger partial charge in [-0.05, 0) is 50.0 Å². The number of carboxylic acids is 1. The van der Waals surface area contributed by atoms with Gasteiger partial charge in [-0.15, -0.1) is 0 Å². The average molecular weight is 869 g/mol. The Bertz CT molecular complexity index is 1500. The summed E-state index contributed by atoms with van der Waals surface area (Å²) in [6, 6.07) is -7.48. The highest BCUT2D eigenvalue weighted by Crippen LogP contribution is 2.15. The van der Waals surface area contributed by atoms with E-state index in [2.05, 4.69) is 31.9 Å². The molecular weight excluding hydrogens is 805 g/mol. The first-order chi connectivity index (χ1) is 27.6. The molecule has 9 amide bonds. The van der Waals surface area contributed by atoms with Crippen LogP contribution in [0.15, 0.2) is 0 Å². The van der Waals surface area contributed by atoms with Crippen LogP contribution in [-0.4, -0.2) is 113 Å². The molecule has 0 radical (unpaired) electrons. The molecular formula is C36H63F3N10O11. The van der Waals surface area contributed by atoms with E-state index in [4.69, 9.17) is 32.8 Å². The number of primary amides is 3. The number of hydrogen-bond acceptors (Lipinski definition) is 11. The number of rotatable bonds is 26. The van der Waals surface area contributed by atoms with E-state index in [1.807, 2.05) is 0 Å². The van der Waals surface area contributed by atoms with Gasteiger partial charge in [0.2, 0.25) is 53.2 Å². The van der Waals surface area contributed by atoms with Crippen molar-refractivity contribution in [3.63, 3.8) is 0 Å². The van der Waals surface area contributed by atoms with E-state index >= 15 is 0 Å². The van der Waals surface area contributed by atoms with Crippen LogP contribution in [0.2, 0.25) is 0 Å². The molecule has 15 N–H and O–H groups in total. The Labute approximate surface area is 346 Å². The number of hydrogen-bond donors (Lipinski definition) is 11. The average Bonchev–Trinajstić information content (AvgIpc) is 3.14. The van der Waals surface area contributed by atoms with Crippen LogP contribution in [0.1, 0.15) is 99.8 Å². The zero-order valence-corrected chi connectivity index (χ0v) is 35.0. The summed E-state index contributed by atoms with van der Waals surface area (Å²) in [5.74, 6) is -11.1. The van der Waals surface area contributed by atoms with Gasteiger partial charge in [-0.3, -0.25) is 43.2 Å². The molecule has 0 spiro atoms. The van der Waals surface area contributed by atoms with Gasteiger partial charge in [0, 0.05) is 13.3 Å². The SMILES string of the molecule is CC[C@H](C)[C@H](NC(=O)[C@H](CCC(N)=O)NC(=O)[C@@H](NC(C)=O)C(C)C)C(=O)N[C@H](C(=O)N[C@@H](CC(N)=O)C(=O)N[C@@H](CCCCN)C(N)=O)[C@@H](C)CC.O=C(O)C(F)(F)F. The van der Waals surface area contributed by atoms with Crippen molar-refractivity contribution >= 4 is 59.1 Å². The molecule has 60 heavy (non-hydrogen) atoms. The molecule has 0 bridgehead atoms.